The molecular weight excluding hydrogens is 472 g/mol. The fourth-order valence-electron chi connectivity index (χ4n) is 6.84. The Bertz CT molecular complexity index is 554. The molecule has 0 heterocycles. The first kappa shape index (κ1) is 36.4. The van der Waals surface area contributed by atoms with Crippen LogP contribution < -0.4 is 11.5 Å². The summed E-state index contributed by atoms with van der Waals surface area (Å²) in [6.45, 7) is 6.38. The Kier molecular flexibility index (Phi) is 25.7. The normalized spacial score (nSPS) is 21.3. The van der Waals surface area contributed by atoms with E-state index in [0.717, 1.165) is 36.8 Å². The minimum absolute atomic E-state index is 0.769. The van der Waals surface area contributed by atoms with Crippen molar-refractivity contribution >= 4 is 0 Å². The van der Waals surface area contributed by atoms with Crippen molar-refractivity contribution in [3.8, 4) is 0 Å². The molecule has 0 fully saturated rings. The van der Waals surface area contributed by atoms with Gasteiger partial charge < -0.3 is 11.5 Å². The second-order valence-corrected chi connectivity index (χ2v) is 12.8. The minimum atomic E-state index is 0.769. The van der Waals surface area contributed by atoms with E-state index in [1.165, 1.54) is 161 Å². The highest BCUT2D eigenvalue weighted by molar-refractivity contribution is 5.10. The zero-order chi connectivity index (χ0) is 28.2. The first-order valence-corrected chi connectivity index (χ1v) is 18.0. The van der Waals surface area contributed by atoms with Crippen LogP contribution in [-0.2, 0) is 0 Å². The predicted octanol–water partition coefficient (Wildman–Crippen LogP) is 11.3. The average molecular weight is 545 g/mol. The maximum absolute atomic E-state index is 5.67. The van der Waals surface area contributed by atoms with Crippen LogP contribution in [0.5, 0.6) is 0 Å². The van der Waals surface area contributed by atoms with Gasteiger partial charge in [0.15, 0.2) is 0 Å². The Morgan fingerprint density at radius 1 is 0.487 bits per heavy atom. The Labute approximate surface area is 246 Å². The molecule has 4 N–H and O–H groups in total. The zero-order valence-corrected chi connectivity index (χ0v) is 26.9. The first-order valence-electron chi connectivity index (χ1n) is 18.0. The Morgan fingerprint density at radius 3 is 1.49 bits per heavy atom. The molecule has 0 spiro atoms. The molecule has 1 aliphatic carbocycles. The molecule has 4 unspecified atom stereocenters. The smallest absolute Gasteiger partial charge is 0.00773 e. The summed E-state index contributed by atoms with van der Waals surface area (Å²) in [7, 11) is 0. The van der Waals surface area contributed by atoms with Gasteiger partial charge in [-0.3, -0.25) is 0 Å². The van der Waals surface area contributed by atoms with Crippen molar-refractivity contribution in [3.05, 3.63) is 24.3 Å². The van der Waals surface area contributed by atoms with Crippen molar-refractivity contribution in [3.63, 3.8) is 0 Å². The maximum Gasteiger partial charge on any atom is -0.00773 e. The molecule has 4 atom stereocenters. The number of rotatable bonds is 28. The van der Waals surface area contributed by atoms with E-state index in [-0.39, 0.29) is 0 Å². The molecule has 0 saturated heterocycles. The van der Waals surface area contributed by atoms with Crippen LogP contribution in [0, 0.1) is 23.7 Å². The van der Waals surface area contributed by atoms with Crippen LogP contribution in [0.3, 0.4) is 0 Å². The van der Waals surface area contributed by atoms with E-state index in [1.807, 2.05) is 0 Å². The van der Waals surface area contributed by atoms with Gasteiger partial charge in [-0.1, -0.05) is 154 Å². The van der Waals surface area contributed by atoms with E-state index in [2.05, 4.69) is 38.2 Å². The topological polar surface area (TPSA) is 52.0 Å². The third-order valence-corrected chi connectivity index (χ3v) is 9.35. The lowest BCUT2D eigenvalue weighted by Crippen LogP contribution is -2.30. The molecule has 2 heteroatoms. The summed E-state index contributed by atoms with van der Waals surface area (Å²) in [6.07, 6.45) is 44.9. The third kappa shape index (κ3) is 19.2. The first-order chi connectivity index (χ1) is 19.3. The van der Waals surface area contributed by atoms with Crippen molar-refractivity contribution in [1.82, 2.24) is 0 Å². The van der Waals surface area contributed by atoms with E-state index in [1.54, 1.807) is 0 Å². The van der Waals surface area contributed by atoms with Crippen LogP contribution in [0.25, 0.3) is 0 Å². The standard InChI is InChI=1S/C37H72N2/c1-3-5-7-15-22-28-36-34(26-20-6-4-2)30-31-35(27-21-16-11-8-9-13-18-24-32-38)37(36)29-23-17-12-10-14-19-25-33-39/h22,28,30-31,34-37H,3-21,23-27,29,32-33,38-39H2,1-2H3/b28-22+. The molecule has 0 bridgehead atoms. The Hall–Kier alpha value is -0.600. The molecule has 0 aromatic carbocycles. The number of nitrogens with two attached hydrogens (primary N) is 2. The van der Waals surface area contributed by atoms with Crippen molar-refractivity contribution in [2.45, 2.75) is 174 Å². The van der Waals surface area contributed by atoms with Gasteiger partial charge in [0.2, 0.25) is 0 Å². The van der Waals surface area contributed by atoms with Gasteiger partial charge >= 0.3 is 0 Å². The van der Waals surface area contributed by atoms with E-state index in [9.17, 15) is 0 Å². The molecule has 0 aromatic heterocycles. The van der Waals surface area contributed by atoms with Gasteiger partial charge in [0.05, 0.1) is 0 Å². The van der Waals surface area contributed by atoms with Gasteiger partial charge in [0.25, 0.3) is 0 Å². The van der Waals surface area contributed by atoms with E-state index in [0.29, 0.717) is 0 Å². The zero-order valence-electron chi connectivity index (χ0n) is 26.9. The van der Waals surface area contributed by atoms with Crippen LogP contribution in [0.2, 0.25) is 0 Å². The highest BCUT2D eigenvalue weighted by atomic mass is 14.5. The van der Waals surface area contributed by atoms with Gasteiger partial charge in [0, 0.05) is 0 Å². The molecule has 0 aliphatic heterocycles. The molecule has 0 aromatic rings. The minimum Gasteiger partial charge on any atom is -0.330 e. The van der Waals surface area contributed by atoms with Gasteiger partial charge in [-0.05, 0) is 81.7 Å². The lowest BCUT2D eigenvalue weighted by atomic mass is 9.66. The number of allylic oxidation sites excluding steroid dienone is 4. The van der Waals surface area contributed by atoms with Crippen LogP contribution in [-0.4, -0.2) is 13.1 Å². The van der Waals surface area contributed by atoms with Crippen molar-refractivity contribution in [2.75, 3.05) is 13.1 Å². The van der Waals surface area contributed by atoms with Gasteiger partial charge in [-0.2, -0.15) is 0 Å². The van der Waals surface area contributed by atoms with Crippen molar-refractivity contribution in [2.24, 2.45) is 35.1 Å². The van der Waals surface area contributed by atoms with Gasteiger partial charge in [0.1, 0.15) is 0 Å². The molecular formula is C37H72N2. The Morgan fingerprint density at radius 2 is 0.923 bits per heavy atom. The molecule has 2 nitrogen and oxygen atoms in total. The maximum atomic E-state index is 5.67. The van der Waals surface area contributed by atoms with Gasteiger partial charge in [-0.25, -0.2) is 0 Å². The quantitative estimate of drug-likeness (QED) is 0.0760. The van der Waals surface area contributed by atoms with Crippen LogP contribution in [0.1, 0.15) is 174 Å². The number of hydrogen-bond acceptors (Lipinski definition) is 2. The average Bonchev–Trinajstić information content (AvgIpc) is 2.95. The summed E-state index contributed by atoms with van der Waals surface area (Å²) in [4.78, 5) is 0. The summed E-state index contributed by atoms with van der Waals surface area (Å²) in [5.41, 5.74) is 11.3. The highest BCUT2D eigenvalue weighted by Gasteiger charge is 2.33. The summed E-state index contributed by atoms with van der Waals surface area (Å²) < 4.78 is 0. The Balaban J connectivity index is 2.69. The number of unbranched alkanes of at least 4 members (excludes halogenated alkanes) is 18. The van der Waals surface area contributed by atoms with E-state index >= 15 is 0 Å². The molecule has 230 valence electrons. The van der Waals surface area contributed by atoms with Gasteiger partial charge in [-0.15, -0.1) is 0 Å². The summed E-state index contributed by atoms with van der Waals surface area (Å²) >= 11 is 0. The van der Waals surface area contributed by atoms with E-state index in [4.69, 9.17) is 11.5 Å². The van der Waals surface area contributed by atoms with Crippen molar-refractivity contribution < 1.29 is 0 Å². The summed E-state index contributed by atoms with van der Waals surface area (Å²) in [6, 6.07) is 0. The largest absolute Gasteiger partial charge is 0.330 e. The SMILES string of the molecule is CCCCC/C=C/C1C(CCCCC)C=CC(CCCCCCCCCCN)C1CCCCCCCCCN. The lowest BCUT2D eigenvalue weighted by molar-refractivity contribution is 0.196. The van der Waals surface area contributed by atoms with Crippen LogP contribution in [0.15, 0.2) is 24.3 Å². The predicted molar refractivity (Wildman–Crippen MR) is 177 cm³/mol. The van der Waals surface area contributed by atoms with Crippen LogP contribution >= 0.6 is 0 Å². The molecule has 1 rings (SSSR count). The molecule has 0 amide bonds. The van der Waals surface area contributed by atoms with E-state index < -0.39 is 0 Å². The molecule has 1 aliphatic rings. The third-order valence-electron chi connectivity index (χ3n) is 9.35. The fourth-order valence-corrected chi connectivity index (χ4v) is 6.84. The summed E-state index contributed by atoms with van der Waals surface area (Å²) in [5, 5.41) is 0. The molecule has 0 radical (unpaired) electrons. The molecule has 0 saturated carbocycles. The monoisotopic (exact) mass is 545 g/mol. The second kappa shape index (κ2) is 27.6. The molecule has 39 heavy (non-hydrogen) atoms. The van der Waals surface area contributed by atoms with Crippen LogP contribution in [0.4, 0.5) is 0 Å². The summed E-state index contributed by atoms with van der Waals surface area (Å²) in [5.74, 6) is 3.19. The second-order valence-electron chi connectivity index (χ2n) is 12.8. The highest BCUT2D eigenvalue weighted by Crippen LogP contribution is 2.43. The van der Waals surface area contributed by atoms with Crippen molar-refractivity contribution in [1.29, 1.82) is 0 Å². The lowest BCUT2D eigenvalue weighted by Gasteiger charge is -2.39. The number of hydrogen-bond donors (Lipinski definition) is 2. The fraction of sp³-hybridized carbons (Fsp3) is 0.892.